The fourth-order valence-corrected chi connectivity index (χ4v) is 6.74. The maximum atomic E-state index is 13.6. The third-order valence-corrected chi connectivity index (χ3v) is 8.42. The Hall–Kier alpha value is -3.20. The number of sulfone groups is 1. The van der Waals surface area contributed by atoms with Gasteiger partial charge >= 0.3 is 0 Å². The molecule has 1 aromatic carbocycles. The van der Waals surface area contributed by atoms with E-state index in [0.29, 0.717) is 18.5 Å². The number of benzene rings is 1. The first-order chi connectivity index (χ1) is 14.5. The monoisotopic (exact) mass is 423 g/mol. The number of H-pyrrole nitrogens is 2. The smallest absolute Gasteiger partial charge is 0.220 e. The lowest BCUT2D eigenvalue weighted by atomic mass is 9.79. The molecule has 0 aliphatic heterocycles. The van der Waals surface area contributed by atoms with Gasteiger partial charge in [0, 0.05) is 34.5 Å². The number of hydrogen-bond acceptors (Lipinski definition) is 5. The zero-order chi connectivity index (χ0) is 20.9. The van der Waals surface area contributed by atoms with E-state index in [4.69, 9.17) is 5.73 Å². The standard InChI is InChI=1S/C21H21N5O3S/c22-20(27)12-6-7-14(17(10-12)30(28,29)13-4-2-1-3-5-13)19-18-15-8-9-23-21(15)24-11-16(18)25-26-19/h1-5,8-9,11-12,14,17,25-26H,6-7,10H2,(H2,22,27). The Morgan fingerprint density at radius 3 is 2.63 bits per heavy atom. The molecule has 3 atom stereocenters. The fraction of sp³-hybridized carbons (Fsp3) is 0.286. The van der Waals surface area contributed by atoms with Crippen LogP contribution in [0.2, 0.25) is 0 Å². The van der Waals surface area contributed by atoms with Crippen molar-refractivity contribution in [3.8, 4) is 0 Å². The summed E-state index contributed by atoms with van der Waals surface area (Å²) in [6.45, 7) is 0. The number of fused-ring (bicyclic) bond motifs is 3. The van der Waals surface area contributed by atoms with E-state index in [9.17, 15) is 13.2 Å². The molecule has 0 spiro atoms. The van der Waals surface area contributed by atoms with E-state index in [-0.39, 0.29) is 17.2 Å². The molecule has 0 saturated heterocycles. The number of pyridine rings is 1. The molecule has 4 N–H and O–H groups in total. The predicted molar refractivity (Wildman–Crippen MR) is 112 cm³/mol. The molecule has 154 valence electrons. The number of aromatic amines is 2. The molecular weight excluding hydrogens is 402 g/mol. The van der Waals surface area contributed by atoms with Gasteiger partial charge in [0.15, 0.2) is 15.5 Å². The van der Waals surface area contributed by atoms with Crippen LogP contribution in [0, 0.1) is 5.92 Å². The molecule has 1 fully saturated rings. The Balaban J connectivity index is 1.67. The summed E-state index contributed by atoms with van der Waals surface area (Å²) < 4.78 is 27.2. The van der Waals surface area contributed by atoms with Gasteiger partial charge in [-0.25, -0.2) is 18.4 Å². The number of amides is 1. The highest BCUT2D eigenvalue weighted by Crippen LogP contribution is 2.43. The van der Waals surface area contributed by atoms with Crippen molar-refractivity contribution in [3.63, 3.8) is 0 Å². The molecule has 5 rings (SSSR count). The van der Waals surface area contributed by atoms with E-state index in [2.05, 4.69) is 20.2 Å². The molecule has 1 saturated carbocycles. The van der Waals surface area contributed by atoms with Gasteiger partial charge in [0.25, 0.3) is 0 Å². The van der Waals surface area contributed by atoms with Gasteiger partial charge in [-0.3, -0.25) is 9.89 Å². The molecule has 1 aliphatic carbocycles. The number of hydrogen-bond donors (Lipinski definition) is 3. The first-order valence-electron chi connectivity index (χ1n) is 9.84. The minimum Gasteiger partial charge on any atom is -0.369 e. The van der Waals surface area contributed by atoms with Crippen LogP contribution in [0.5, 0.6) is 0 Å². The summed E-state index contributed by atoms with van der Waals surface area (Å²) >= 11 is 0. The molecule has 30 heavy (non-hydrogen) atoms. The first-order valence-corrected chi connectivity index (χ1v) is 11.4. The molecule has 3 unspecified atom stereocenters. The predicted octanol–water partition coefficient (Wildman–Crippen LogP) is 2.65. The van der Waals surface area contributed by atoms with Crippen molar-refractivity contribution >= 4 is 37.7 Å². The van der Waals surface area contributed by atoms with E-state index in [0.717, 1.165) is 22.0 Å². The zero-order valence-electron chi connectivity index (χ0n) is 16.1. The van der Waals surface area contributed by atoms with E-state index >= 15 is 0 Å². The first kappa shape index (κ1) is 18.8. The Morgan fingerprint density at radius 2 is 1.87 bits per heavy atom. The van der Waals surface area contributed by atoms with Crippen LogP contribution in [0.25, 0.3) is 21.9 Å². The molecule has 3 aromatic heterocycles. The second kappa shape index (κ2) is 6.94. The molecule has 9 heteroatoms. The number of aromatic nitrogens is 4. The van der Waals surface area contributed by atoms with Gasteiger partial charge in [0.1, 0.15) is 0 Å². The summed E-state index contributed by atoms with van der Waals surface area (Å²) in [6.07, 6.45) is 4.67. The zero-order valence-corrected chi connectivity index (χ0v) is 16.9. The average Bonchev–Trinajstić information content (AvgIpc) is 3.40. The van der Waals surface area contributed by atoms with Crippen LogP contribution < -0.4 is 5.73 Å². The fourth-order valence-electron chi connectivity index (χ4n) is 4.67. The number of primary amides is 1. The molecule has 0 bridgehead atoms. The number of rotatable bonds is 4. The highest BCUT2D eigenvalue weighted by Gasteiger charge is 2.43. The van der Waals surface area contributed by atoms with Crippen molar-refractivity contribution < 1.29 is 13.2 Å². The maximum Gasteiger partial charge on any atom is 0.220 e. The maximum absolute atomic E-state index is 13.6. The molecule has 3 heterocycles. The minimum atomic E-state index is -3.69. The Bertz CT molecular complexity index is 1340. The number of nitrogens with zero attached hydrogens (tertiary/aromatic N) is 2. The SMILES string of the molecule is NC(=O)C1CCC(c2[nH][nH]c3cnc4nccc4c23)C(S(=O)(=O)c2ccccc2)C1. The van der Waals surface area contributed by atoms with Crippen LogP contribution in [0.1, 0.15) is 30.9 Å². The normalized spacial score (nSPS) is 22.5. The third kappa shape index (κ3) is 2.88. The van der Waals surface area contributed by atoms with E-state index in [1.165, 1.54) is 0 Å². The van der Waals surface area contributed by atoms with Crippen molar-refractivity contribution in [3.05, 3.63) is 54.5 Å². The highest BCUT2D eigenvalue weighted by atomic mass is 32.2. The van der Waals surface area contributed by atoms with Crippen LogP contribution in [0.4, 0.5) is 0 Å². The summed E-state index contributed by atoms with van der Waals surface area (Å²) in [7, 11) is -3.69. The summed E-state index contributed by atoms with van der Waals surface area (Å²) in [5.74, 6) is -1.23. The topological polar surface area (TPSA) is 135 Å². The molecular formula is C21H21N5O3S. The Labute approximate surface area is 172 Å². The molecule has 4 aromatic rings. The third-order valence-electron chi connectivity index (χ3n) is 6.17. The van der Waals surface area contributed by atoms with Crippen molar-refractivity contribution in [1.29, 1.82) is 0 Å². The quantitative estimate of drug-likeness (QED) is 0.464. The summed E-state index contributed by atoms with van der Waals surface area (Å²) in [6, 6.07) is 10.3. The van der Waals surface area contributed by atoms with Gasteiger partial charge in [-0.05, 0) is 37.5 Å². The number of carbonyl (C=O) groups excluding carboxylic acids is 1. The van der Waals surface area contributed by atoms with Gasteiger partial charge in [-0.1, -0.05) is 18.2 Å². The average molecular weight is 423 g/mol. The summed E-state index contributed by atoms with van der Waals surface area (Å²) in [5, 5.41) is 7.30. The van der Waals surface area contributed by atoms with Gasteiger partial charge < -0.3 is 10.8 Å². The molecule has 0 radical (unpaired) electrons. The number of nitrogens with two attached hydrogens (primary N) is 1. The van der Waals surface area contributed by atoms with E-state index in [1.54, 1.807) is 42.7 Å². The van der Waals surface area contributed by atoms with Gasteiger partial charge in [0.2, 0.25) is 5.91 Å². The van der Waals surface area contributed by atoms with Crippen molar-refractivity contribution in [1.82, 2.24) is 20.2 Å². The minimum absolute atomic E-state index is 0.200. The van der Waals surface area contributed by atoms with Gasteiger partial charge in [0.05, 0.1) is 21.9 Å². The number of nitrogens with one attached hydrogen (secondary N) is 2. The van der Waals surface area contributed by atoms with Crippen LogP contribution >= 0.6 is 0 Å². The van der Waals surface area contributed by atoms with Crippen molar-refractivity contribution in [2.45, 2.75) is 35.3 Å². The summed E-state index contributed by atoms with van der Waals surface area (Å²) in [5.41, 5.74) is 7.77. The van der Waals surface area contributed by atoms with Gasteiger partial charge in [-0.2, -0.15) is 0 Å². The van der Waals surface area contributed by atoms with Crippen molar-refractivity contribution in [2.24, 2.45) is 11.7 Å². The van der Waals surface area contributed by atoms with Crippen LogP contribution in [0.3, 0.4) is 0 Å². The Kier molecular flexibility index (Phi) is 4.35. The largest absolute Gasteiger partial charge is 0.369 e. The lowest BCUT2D eigenvalue weighted by molar-refractivity contribution is -0.122. The van der Waals surface area contributed by atoms with Crippen molar-refractivity contribution in [2.75, 3.05) is 0 Å². The van der Waals surface area contributed by atoms with Crippen LogP contribution in [0.15, 0.2) is 53.7 Å². The number of carbonyl (C=O) groups is 1. The lowest BCUT2D eigenvalue weighted by Gasteiger charge is -2.34. The van der Waals surface area contributed by atoms with E-state index in [1.807, 2.05) is 6.07 Å². The van der Waals surface area contributed by atoms with E-state index < -0.39 is 26.9 Å². The van der Waals surface area contributed by atoms with Crippen LogP contribution in [-0.2, 0) is 14.6 Å². The molecule has 1 amide bonds. The van der Waals surface area contributed by atoms with Gasteiger partial charge in [-0.15, -0.1) is 0 Å². The van der Waals surface area contributed by atoms with Crippen LogP contribution in [-0.4, -0.2) is 39.7 Å². The second-order valence-corrected chi connectivity index (χ2v) is 9.97. The summed E-state index contributed by atoms with van der Waals surface area (Å²) in [4.78, 5) is 20.8. The Morgan fingerprint density at radius 1 is 1.07 bits per heavy atom. The lowest BCUT2D eigenvalue weighted by Crippen LogP contribution is -2.39. The molecule has 1 aliphatic rings. The molecule has 8 nitrogen and oxygen atoms in total. The highest BCUT2D eigenvalue weighted by molar-refractivity contribution is 7.92. The second-order valence-electron chi connectivity index (χ2n) is 7.81.